The van der Waals surface area contributed by atoms with Gasteiger partial charge in [-0.05, 0) is 12.5 Å². The third-order valence-electron chi connectivity index (χ3n) is 1.02. The predicted octanol–water partition coefficient (Wildman–Crippen LogP) is 0.946. The van der Waals surface area contributed by atoms with E-state index in [0.29, 0.717) is 6.54 Å². The van der Waals surface area contributed by atoms with Gasteiger partial charge in [0.1, 0.15) is 0 Å². The van der Waals surface area contributed by atoms with Crippen molar-refractivity contribution < 1.29 is 4.79 Å². The quantitative estimate of drug-likeness (QED) is 0.367. The van der Waals surface area contributed by atoms with Crippen LogP contribution in [0.4, 0.5) is 4.79 Å². The van der Waals surface area contributed by atoms with Gasteiger partial charge in [0.15, 0.2) is 5.17 Å². The summed E-state index contributed by atoms with van der Waals surface area (Å²) in [5.74, 6) is 0.889. The fraction of sp³-hybridized carbons (Fsp3) is 0.667. The lowest BCUT2D eigenvalue weighted by Gasteiger charge is -2.05. The van der Waals surface area contributed by atoms with Crippen LogP contribution >= 0.6 is 23.5 Å². The van der Waals surface area contributed by atoms with Gasteiger partial charge in [0.05, 0.1) is 0 Å². The van der Waals surface area contributed by atoms with E-state index >= 15 is 0 Å². The minimum absolute atomic E-state index is 0.164. The van der Waals surface area contributed by atoms with E-state index in [9.17, 15) is 4.79 Å². The number of hydrogen-bond donors (Lipinski definition) is 3. The monoisotopic (exact) mass is 207 g/mol. The Labute approximate surface area is 80.8 Å². The van der Waals surface area contributed by atoms with Crippen LogP contribution < -0.4 is 10.6 Å². The molecule has 0 aliphatic carbocycles. The molecule has 3 N–H and O–H groups in total. The molecule has 0 aliphatic rings. The van der Waals surface area contributed by atoms with Crippen molar-refractivity contribution in [1.82, 2.24) is 10.6 Å². The highest BCUT2D eigenvalue weighted by Gasteiger charge is 2.00. The summed E-state index contributed by atoms with van der Waals surface area (Å²) in [4.78, 5) is 10.9. The van der Waals surface area contributed by atoms with Crippen molar-refractivity contribution in [3.05, 3.63) is 0 Å². The third kappa shape index (κ3) is 6.36. The van der Waals surface area contributed by atoms with Gasteiger partial charge in [-0.2, -0.15) is 11.8 Å². The number of thioether (sulfide) groups is 2. The van der Waals surface area contributed by atoms with E-state index in [2.05, 4.69) is 10.6 Å². The average molecular weight is 207 g/mol. The molecule has 0 spiro atoms. The fourth-order valence-corrected chi connectivity index (χ4v) is 0.966. The van der Waals surface area contributed by atoms with Crippen LogP contribution in [0.5, 0.6) is 0 Å². The molecular weight excluding hydrogens is 194 g/mol. The minimum Gasteiger partial charge on any atom is -0.337 e. The Balaban J connectivity index is 3.40. The van der Waals surface area contributed by atoms with Crippen LogP contribution in [0, 0.1) is 5.41 Å². The van der Waals surface area contributed by atoms with Gasteiger partial charge in [-0.25, -0.2) is 4.79 Å². The minimum atomic E-state index is -0.302. The molecule has 12 heavy (non-hydrogen) atoms. The van der Waals surface area contributed by atoms with Gasteiger partial charge in [-0.15, -0.1) is 0 Å². The lowest BCUT2D eigenvalue weighted by Crippen LogP contribution is -2.38. The van der Waals surface area contributed by atoms with Gasteiger partial charge >= 0.3 is 6.03 Å². The van der Waals surface area contributed by atoms with Crippen LogP contribution in [0.3, 0.4) is 0 Å². The number of rotatable bonds is 3. The number of nitrogens with one attached hydrogen (secondary N) is 3. The van der Waals surface area contributed by atoms with Gasteiger partial charge in [0, 0.05) is 12.3 Å². The van der Waals surface area contributed by atoms with E-state index in [-0.39, 0.29) is 11.2 Å². The normalized spacial score (nSPS) is 9.17. The maximum Gasteiger partial charge on any atom is 0.320 e. The summed E-state index contributed by atoms with van der Waals surface area (Å²) in [5.41, 5.74) is 0. The maximum absolute atomic E-state index is 10.9. The van der Waals surface area contributed by atoms with Crippen LogP contribution in [0.25, 0.3) is 0 Å². The third-order valence-corrected chi connectivity index (χ3v) is 2.15. The Morgan fingerprint density at radius 3 is 2.67 bits per heavy atom. The molecule has 0 aromatic rings. The summed E-state index contributed by atoms with van der Waals surface area (Å²) >= 11 is 2.87. The van der Waals surface area contributed by atoms with Gasteiger partial charge in [0.25, 0.3) is 0 Å². The molecule has 0 bridgehead atoms. The Hall–Kier alpha value is -0.360. The standard InChI is InChI=1S/C6H13N3OS2/c1-11-4-3-8-6(10)9-5(7)12-2/h3-4H2,1-2H3,(H3,7,8,9,10). The van der Waals surface area contributed by atoms with E-state index in [1.165, 1.54) is 11.8 Å². The Morgan fingerprint density at radius 2 is 2.17 bits per heavy atom. The molecule has 0 radical (unpaired) electrons. The van der Waals surface area contributed by atoms with Crippen molar-refractivity contribution in [1.29, 1.82) is 5.41 Å². The van der Waals surface area contributed by atoms with Gasteiger partial charge < -0.3 is 5.32 Å². The molecule has 70 valence electrons. The first-order valence-corrected chi connectivity index (χ1v) is 5.99. The number of hydrogen-bond acceptors (Lipinski definition) is 4. The number of carbonyl (C=O) groups is 1. The number of amides is 2. The van der Waals surface area contributed by atoms with Crippen LogP contribution in [-0.4, -0.2) is 36.0 Å². The van der Waals surface area contributed by atoms with Crippen LogP contribution in [0.15, 0.2) is 0 Å². The van der Waals surface area contributed by atoms with E-state index in [1.807, 2.05) is 6.26 Å². The summed E-state index contributed by atoms with van der Waals surface area (Å²) in [6.07, 6.45) is 3.72. The van der Waals surface area contributed by atoms with Crippen LogP contribution in [-0.2, 0) is 0 Å². The highest BCUT2D eigenvalue weighted by molar-refractivity contribution is 8.13. The summed E-state index contributed by atoms with van der Waals surface area (Å²) in [7, 11) is 0. The molecule has 0 heterocycles. The molecule has 0 aromatic heterocycles. The molecule has 0 aliphatic heterocycles. The molecule has 4 nitrogen and oxygen atoms in total. The average Bonchev–Trinajstić information content (AvgIpc) is 2.05. The van der Waals surface area contributed by atoms with Crippen molar-refractivity contribution >= 4 is 34.7 Å². The summed E-state index contributed by atoms with van der Waals surface area (Å²) in [6.45, 7) is 0.634. The second-order valence-electron chi connectivity index (χ2n) is 1.91. The first kappa shape index (κ1) is 11.6. The highest BCUT2D eigenvalue weighted by Crippen LogP contribution is 1.90. The van der Waals surface area contributed by atoms with Crippen LogP contribution in [0.2, 0.25) is 0 Å². The fourth-order valence-electron chi connectivity index (χ4n) is 0.465. The molecule has 6 heteroatoms. The second-order valence-corrected chi connectivity index (χ2v) is 3.71. The number of carbonyl (C=O) groups excluding carboxylic acids is 1. The van der Waals surface area contributed by atoms with Crippen molar-refractivity contribution in [3.8, 4) is 0 Å². The lowest BCUT2D eigenvalue weighted by atomic mass is 10.7. The molecule has 0 saturated heterocycles. The van der Waals surface area contributed by atoms with Crippen molar-refractivity contribution in [2.45, 2.75) is 0 Å². The van der Waals surface area contributed by atoms with Gasteiger partial charge in [-0.3, -0.25) is 10.7 Å². The summed E-state index contributed by atoms with van der Waals surface area (Å²) < 4.78 is 0. The molecule has 0 saturated carbocycles. The summed E-state index contributed by atoms with van der Waals surface area (Å²) in [5, 5.41) is 12.3. The number of amidine groups is 1. The molecule has 0 rings (SSSR count). The Morgan fingerprint density at radius 1 is 1.50 bits per heavy atom. The zero-order chi connectivity index (χ0) is 9.40. The predicted molar refractivity (Wildman–Crippen MR) is 56.2 cm³/mol. The molecule has 0 fully saturated rings. The lowest BCUT2D eigenvalue weighted by molar-refractivity contribution is 0.246. The zero-order valence-electron chi connectivity index (χ0n) is 7.14. The first-order chi connectivity index (χ1) is 5.70. The molecule has 0 atom stereocenters. The van der Waals surface area contributed by atoms with Crippen molar-refractivity contribution in [3.63, 3.8) is 0 Å². The second kappa shape index (κ2) is 7.30. The van der Waals surface area contributed by atoms with Crippen LogP contribution in [0.1, 0.15) is 0 Å². The van der Waals surface area contributed by atoms with Gasteiger partial charge in [-0.1, -0.05) is 11.8 Å². The van der Waals surface area contributed by atoms with Crippen molar-refractivity contribution in [2.75, 3.05) is 24.8 Å². The van der Waals surface area contributed by atoms with E-state index < -0.39 is 0 Å². The first-order valence-electron chi connectivity index (χ1n) is 3.37. The zero-order valence-corrected chi connectivity index (χ0v) is 8.77. The SMILES string of the molecule is CSCCNC(=O)NC(=N)SC. The largest absolute Gasteiger partial charge is 0.337 e. The molecule has 2 amide bonds. The maximum atomic E-state index is 10.9. The van der Waals surface area contributed by atoms with E-state index in [4.69, 9.17) is 5.41 Å². The Kier molecular flexibility index (Phi) is 7.08. The van der Waals surface area contributed by atoms with Gasteiger partial charge in [0.2, 0.25) is 0 Å². The molecule has 0 unspecified atom stereocenters. The van der Waals surface area contributed by atoms with Crippen molar-refractivity contribution in [2.24, 2.45) is 0 Å². The summed E-state index contributed by atoms with van der Waals surface area (Å²) in [6, 6.07) is -0.302. The Bertz CT molecular complexity index is 163. The van der Waals surface area contributed by atoms with E-state index in [0.717, 1.165) is 5.75 Å². The highest BCUT2D eigenvalue weighted by atomic mass is 32.2. The topological polar surface area (TPSA) is 65.0 Å². The number of urea groups is 1. The molecule has 0 aromatic carbocycles. The van der Waals surface area contributed by atoms with E-state index in [1.54, 1.807) is 18.0 Å². The smallest absolute Gasteiger partial charge is 0.320 e. The molecular formula is C6H13N3OS2.